The molecule has 0 radical (unpaired) electrons. The lowest BCUT2D eigenvalue weighted by atomic mass is 10.2. The molecule has 0 unspecified atom stereocenters. The van der Waals surface area contributed by atoms with Gasteiger partial charge in [-0.15, -0.1) is 0 Å². The molecule has 80 valence electrons. The van der Waals surface area contributed by atoms with Gasteiger partial charge in [-0.25, -0.2) is 0 Å². The molecule has 4 heteroatoms. The SMILES string of the molecule is CC(C)CNCCOc1cnn(C)c1. The lowest BCUT2D eigenvalue weighted by Crippen LogP contribution is -2.24. The summed E-state index contributed by atoms with van der Waals surface area (Å²) in [6.07, 6.45) is 3.59. The topological polar surface area (TPSA) is 39.1 Å². The van der Waals surface area contributed by atoms with Gasteiger partial charge in [-0.1, -0.05) is 13.8 Å². The minimum atomic E-state index is 0.688. The maximum atomic E-state index is 5.46. The predicted octanol–water partition coefficient (Wildman–Crippen LogP) is 1.04. The molecule has 4 nitrogen and oxygen atoms in total. The summed E-state index contributed by atoms with van der Waals surface area (Å²) in [5, 5.41) is 7.32. The minimum absolute atomic E-state index is 0.688. The molecule has 0 fully saturated rings. The molecule has 0 aliphatic heterocycles. The first kappa shape index (κ1) is 11.0. The van der Waals surface area contributed by atoms with Crippen molar-refractivity contribution in [2.45, 2.75) is 13.8 Å². The van der Waals surface area contributed by atoms with Gasteiger partial charge in [0.05, 0.1) is 12.4 Å². The smallest absolute Gasteiger partial charge is 0.157 e. The Balaban J connectivity index is 2.04. The van der Waals surface area contributed by atoms with Gasteiger partial charge >= 0.3 is 0 Å². The third-order valence-corrected chi connectivity index (χ3v) is 1.78. The number of ether oxygens (including phenoxy) is 1. The molecular weight excluding hydrogens is 178 g/mol. The second-order valence-electron chi connectivity index (χ2n) is 3.80. The second kappa shape index (κ2) is 5.65. The number of nitrogens with one attached hydrogen (secondary N) is 1. The molecule has 1 rings (SSSR count). The van der Waals surface area contributed by atoms with E-state index in [2.05, 4.69) is 24.3 Å². The molecule has 14 heavy (non-hydrogen) atoms. The molecule has 0 bridgehead atoms. The quantitative estimate of drug-likeness (QED) is 0.693. The van der Waals surface area contributed by atoms with E-state index in [9.17, 15) is 0 Å². The van der Waals surface area contributed by atoms with Crippen LogP contribution in [0, 0.1) is 5.92 Å². The van der Waals surface area contributed by atoms with Crippen molar-refractivity contribution in [2.75, 3.05) is 19.7 Å². The fourth-order valence-electron chi connectivity index (χ4n) is 1.11. The Bertz CT molecular complexity index is 258. The highest BCUT2D eigenvalue weighted by Crippen LogP contribution is 2.05. The first-order chi connectivity index (χ1) is 6.68. The van der Waals surface area contributed by atoms with Crippen molar-refractivity contribution in [1.29, 1.82) is 0 Å². The van der Waals surface area contributed by atoms with Crippen molar-refractivity contribution in [3.63, 3.8) is 0 Å². The largest absolute Gasteiger partial charge is 0.489 e. The fourth-order valence-corrected chi connectivity index (χ4v) is 1.11. The Morgan fingerprint density at radius 2 is 2.36 bits per heavy atom. The van der Waals surface area contributed by atoms with E-state index in [1.807, 2.05) is 13.2 Å². The maximum absolute atomic E-state index is 5.46. The van der Waals surface area contributed by atoms with Crippen LogP contribution in [0.15, 0.2) is 12.4 Å². The van der Waals surface area contributed by atoms with Gasteiger partial charge in [0.1, 0.15) is 6.61 Å². The number of nitrogens with zero attached hydrogens (tertiary/aromatic N) is 2. The lowest BCUT2D eigenvalue weighted by molar-refractivity contribution is 0.311. The van der Waals surface area contributed by atoms with Gasteiger partial charge < -0.3 is 10.1 Å². The normalized spacial score (nSPS) is 10.9. The summed E-state index contributed by atoms with van der Waals surface area (Å²) >= 11 is 0. The van der Waals surface area contributed by atoms with Gasteiger partial charge in [-0.2, -0.15) is 5.10 Å². The van der Waals surface area contributed by atoms with E-state index in [0.717, 1.165) is 18.8 Å². The van der Waals surface area contributed by atoms with Crippen molar-refractivity contribution in [1.82, 2.24) is 15.1 Å². The molecule has 0 atom stereocenters. The van der Waals surface area contributed by atoms with Crippen molar-refractivity contribution < 1.29 is 4.74 Å². The number of rotatable bonds is 6. The van der Waals surface area contributed by atoms with Crippen LogP contribution in [0.25, 0.3) is 0 Å². The van der Waals surface area contributed by atoms with Crippen molar-refractivity contribution in [2.24, 2.45) is 13.0 Å². The number of hydrogen-bond acceptors (Lipinski definition) is 3. The number of aryl methyl sites for hydroxylation is 1. The zero-order valence-corrected chi connectivity index (χ0v) is 9.16. The third-order valence-electron chi connectivity index (χ3n) is 1.78. The number of hydrogen-bond donors (Lipinski definition) is 1. The van der Waals surface area contributed by atoms with E-state index >= 15 is 0 Å². The molecule has 0 saturated heterocycles. The number of aromatic nitrogens is 2. The molecule has 0 aliphatic rings. The minimum Gasteiger partial charge on any atom is -0.489 e. The van der Waals surface area contributed by atoms with E-state index in [0.29, 0.717) is 12.5 Å². The Hall–Kier alpha value is -1.03. The standard InChI is InChI=1S/C10H19N3O/c1-9(2)6-11-4-5-14-10-7-12-13(3)8-10/h7-9,11H,4-6H2,1-3H3. The molecule has 0 spiro atoms. The molecule has 1 N–H and O–H groups in total. The lowest BCUT2D eigenvalue weighted by Gasteiger charge is -2.07. The van der Waals surface area contributed by atoms with Crippen LogP contribution in [0.4, 0.5) is 0 Å². The Morgan fingerprint density at radius 1 is 1.57 bits per heavy atom. The Morgan fingerprint density at radius 3 is 2.93 bits per heavy atom. The van der Waals surface area contributed by atoms with Gasteiger partial charge in [-0.3, -0.25) is 4.68 Å². The maximum Gasteiger partial charge on any atom is 0.157 e. The Labute approximate surface area is 85.3 Å². The average molecular weight is 197 g/mol. The first-order valence-corrected chi connectivity index (χ1v) is 5.00. The predicted molar refractivity (Wildman–Crippen MR) is 56.4 cm³/mol. The average Bonchev–Trinajstić information content (AvgIpc) is 2.50. The zero-order valence-electron chi connectivity index (χ0n) is 9.16. The van der Waals surface area contributed by atoms with Crippen LogP contribution in [-0.4, -0.2) is 29.5 Å². The highest BCUT2D eigenvalue weighted by molar-refractivity contribution is 5.11. The summed E-state index contributed by atoms with van der Waals surface area (Å²) in [5.41, 5.74) is 0. The third kappa shape index (κ3) is 4.28. The summed E-state index contributed by atoms with van der Waals surface area (Å²) in [7, 11) is 1.88. The van der Waals surface area contributed by atoms with Crippen LogP contribution in [-0.2, 0) is 7.05 Å². The molecule has 1 aromatic rings. The van der Waals surface area contributed by atoms with Crippen LogP contribution in [0.3, 0.4) is 0 Å². The molecular formula is C10H19N3O. The monoisotopic (exact) mass is 197 g/mol. The van der Waals surface area contributed by atoms with Gasteiger partial charge in [0.25, 0.3) is 0 Å². The van der Waals surface area contributed by atoms with Crippen molar-refractivity contribution >= 4 is 0 Å². The van der Waals surface area contributed by atoms with Crippen LogP contribution in [0.1, 0.15) is 13.8 Å². The van der Waals surface area contributed by atoms with Gasteiger partial charge in [0.15, 0.2) is 5.75 Å². The van der Waals surface area contributed by atoms with E-state index in [1.54, 1.807) is 10.9 Å². The van der Waals surface area contributed by atoms with Gasteiger partial charge in [-0.05, 0) is 12.5 Å². The van der Waals surface area contributed by atoms with E-state index in [-0.39, 0.29) is 0 Å². The summed E-state index contributed by atoms with van der Waals surface area (Å²) in [6, 6.07) is 0. The Kier molecular flexibility index (Phi) is 4.46. The van der Waals surface area contributed by atoms with E-state index < -0.39 is 0 Å². The molecule has 1 aromatic heterocycles. The van der Waals surface area contributed by atoms with E-state index in [1.165, 1.54) is 0 Å². The fraction of sp³-hybridized carbons (Fsp3) is 0.700. The summed E-state index contributed by atoms with van der Waals surface area (Å²) in [5.74, 6) is 1.52. The van der Waals surface area contributed by atoms with Crippen LogP contribution in [0.2, 0.25) is 0 Å². The summed E-state index contributed by atoms with van der Waals surface area (Å²) < 4.78 is 7.20. The van der Waals surface area contributed by atoms with Crippen LogP contribution < -0.4 is 10.1 Å². The molecule has 0 saturated carbocycles. The highest BCUT2D eigenvalue weighted by Gasteiger charge is 1.96. The van der Waals surface area contributed by atoms with Crippen LogP contribution in [0.5, 0.6) is 5.75 Å². The summed E-state index contributed by atoms with van der Waals surface area (Å²) in [4.78, 5) is 0. The van der Waals surface area contributed by atoms with E-state index in [4.69, 9.17) is 4.74 Å². The molecule has 0 aliphatic carbocycles. The zero-order chi connectivity index (χ0) is 10.4. The molecule has 1 heterocycles. The second-order valence-corrected chi connectivity index (χ2v) is 3.80. The van der Waals surface area contributed by atoms with Gasteiger partial charge in [0.2, 0.25) is 0 Å². The molecule has 0 amide bonds. The highest BCUT2D eigenvalue weighted by atomic mass is 16.5. The van der Waals surface area contributed by atoms with Crippen LogP contribution >= 0.6 is 0 Å². The van der Waals surface area contributed by atoms with Gasteiger partial charge in [0, 0.05) is 13.6 Å². The van der Waals surface area contributed by atoms with Crippen molar-refractivity contribution in [3.05, 3.63) is 12.4 Å². The first-order valence-electron chi connectivity index (χ1n) is 5.00. The summed E-state index contributed by atoms with van der Waals surface area (Å²) in [6.45, 7) is 6.99. The molecule has 0 aromatic carbocycles. The van der Waals surface area contributed by atoms with Crippen molar-refractivity contribution in [3.8, 4) is 5.75 Å².